The molecule has 0 spiro atoms. The van der Waals surface area contributed by atoms with Gasteiger partial charge in [-0.1, -0.05) is 13.8 Å². The van der Waals surface area contributed by atoms with E-state index in [2.05, 4.69) is 0 Å². The van der Waals surface area contributed by atoms with Crippen LogP contribution in [0.2, 0.25) is 0 Å². The molecule has 0 heterocycles. The summed E-state index contributed by atoms with van der Waals surface area (Å²) in [6.07, 6.45) is 0. The fourth-order valence-electron chi connectivity index (χ4n) is 0.830. The monoisotopic (exact) mass is 186 g/mol. The van der Waals surface area contributed by atoms with E-state index in [0.717, 1.165) is 0 Å². The first-order valence-electron chi connectivity index (χ1n) is 4.20. The Labute approximate surface area is 78.0 Å². The Balaban J connectivity index is 0.000000671. The highest BCUT2D eigenvalue weighted by Gasteiger charge is 1.98. The third kappa shape index (κ3) is 3.90. The maximum atomic E-state index is 12.6. The molecule has 0 aliphatic rings. The largest absolute Gasteiger partial charge is 0.497 e. The van der Waals surface area contributed by atoms with Gasteiger partial charge in [-0.15, -0.1) is 0 Å². The molecular formula is C10H15FO2. The molecule has 3 heteroatoms. The van der Waals surface area contributed by atoms with E-state index in [1.165, 1.54) is 19.2 Å². The Morgan fingerprint density at radius 1 is 1.31 bits per heavy atom. The van der Waals surface area contributed by atoms with E-state index in [1.54, 1.807) is 6.07 Å². The highest BCUT2D eigenvalue weighted by Crippen LogP contribution is 2.15. The summed E-state index contributed by atoms with van der Waals surface area (Å²) in [4.78, 5) is 0. The van der Waals surface area contributed by atoms with Crippen molar-refractivity contribution in [3.63, 3.8) is 0 Å². The van der Waals surface area contributed by atoms with Crippen molar-refractivity contribution < 1.29 is 14.2 Å². The van der Waals surface area contributed by atoms with Crippen molar-refractivity contribution >= 4 is 0 Å². The van der Waals surface area contributed by atoms with Gasteiger partial charge < -0.3 is 9.84 Å². The zero-order valence-electron chi connectivity index (χ0n) is 8.17. The van der Waals surface area contributed by atoms with Crippen LogP contribution in [0.15, 0.2) is 18.2 Å². The fourth-order valence-corrected chi connectivity index (χ4v) is 0.830. The fraction of sp³-hybridized carbons (Fsp3) is 0.400. The van der Waals surface area contributed by atoms with E-state index in [0.29, 0.717) is 11.3 Å². The number of ether oxygens (including phenoxy) is 1. The average Bonchev–Trinajstić information content (AvgIpc) is 2.20. The van der Waals surface area contributed by atoms with Crippen molar-refractivity contribution in [2.24, 2.45) is 0 Å². The summed E-state index contributed by atoms with van der Waals surface area (Å²) in [6, 6.07) is 4.12. The number of hydrogen-bond donors (Lipinski definition) is 1. The molecule has 1 N–H and O–H groups in total. The topological polar surface area (TPSA) is 29.5 Å². The van der Waals surface area contributed by atoms with Crippen LogP contribution >= 0.6 is 0 Å². The van der Waals surface area contributed by atoms with Crippen LogP contribution in [0.3, 0.4) is 0 Å². The van der Waals surface area contributed by atoms with Crippen LogP contribution in [0, 0.1) is 5.82 Å². The minimum atomic E-state index is -0.395. The summed E-state index contributed by atoms with van der Waals surface area (Å²) in [5.74, 6) is 0.0300. The number of methoxy groups -OCH3 is 1. The van der Waals surface area contributed by atoms with Crippen molar-refractivity contribution in [3.8, 4) is 5.75 Å². The number of aliphatic hydroxyl groups is 1. The first-order chi connectivity index (χ1) is 6.26. The van der Waals surface area contributed by atoms with Gasteiger partial charge in [-0.2, -0.15) is 0 Å². The van der Waals surface area contributed by atoms with Gasteiger partial charge in [0, 0.05) is 6.07 Å². The third-order valence-electron chi connectivity index (χ3n) is 1.35. The SMILES string of the molecule is CC.COc1cc(F)cc(CO)c1. The lowest BCUT2D eigenvalue weighted by atomic mass is 10.2. The van der Waals surface area contributed by atoms with Crippen LogP contribution in [0.25, 0.3) is 0 Å². The van der Waals surface area contributed by atoms with Gasteiger partial charge in [-0.25, -0.2) is 4.39 Å². The van der Waals surface area contributed by atoms with Crippen LogP contribution < -0.4 is 4.74 Å². The van der Waals surface area contributed by atoms with E-state index in [1.807, 2.05) is 13.8 Å². The molecule has 0 unspecified atom stereocenters. The molecule has 0 aliphatic heterocycles. The summed E-state index contributed by atoms with van der Waals surface area (Å²) < 4.78 is 17.4. The predicted molar refractivity (Wildman–Crippen MR) is 50.2 cm³/mol. The summed E-state index contributed by atoms with van der Waals surface area (Å²) in [5, 5.41) is 8.66. The third-order valence-corrected chi connectivity index (χ3v) is 1.35. The first-order valence-corrected chi connectivity index (χ1v) is 4.20. The second-order valence-electron chi connectivity index (χ2n) is 2.16. The quantitative estimate of drug-likeness (QED) is 0.768. The molecule has 13 heavy (non-hydrogen) atoms. The lowest BCUT2D eigenvalue weighted by Crippen LogP contribution is -1.89. The average molecular weight is 186 g/mol. The summed E-state index contributed by atoms with van der Waals surface area (Å²) in [5.41, 5.74) is 0.516. The minimum Gasteiger partial charge on any atom is -0.497 e. The molecule has 1 rings (SSSR count). The van der Waals surface area contributed by atoms with E-state index in [-0.39, 0.29) is 6.61 Å². The molecule has 0 aromatic heterocycles. The number of rotatable bonds is 2. The molecule has 0 bridgehead atoms. The summed E-state index contributed by atoms with van der Waals surface area (Å²) in [6.45, 7) is 3.83. The molecule has 0 saturated heterocycles. The van der Waals surface area contributed by atoms with Crippen LogP contribution in [0.1, 0.15) is 19.4 Å². The molecule has 0 atom stereocenters. The molecule has 0 saturated carbocycles. The van der Waals surface area contributed by atoms with E-state index >= 15 is 0 Å². The number of benzene rings is 1. The molecule has 0 radical (unpaired) electrons. The second-order valence-corrected chi connectivity index (χ2v) is 2.16. The smallest absolute Gasteiger partial charge is 0.127 e. The molecular weight excluding hydrogens is 171 g/mol. The van der Waals surface area contributed by atoms with Crippen LogP contribution in [-0.4, -0.2) is 12.2 Å². The molecule has 0 fully saturated rings. The van der Waals surface area contributed by atoms with Crippen LogP contribution in [-0.2, 0) is 6.61 Å². The van der Waals surface area contributed by atoms with Gasteiger partial charge in [0.2, 0.25) is 0 Å². The number of halogens is 1. The van der Waals surface area contributed by atoms with Gasteiger partial charge >= 0.3 is 0 Å². The minimum absolute atomic E-state index is 0.173. The maximum Gasteiger partial charge on any atom is 0.127 e. The lowest BCUT2D eigenvalue weighted by Gasteiger charge is -2.01. The maximum absolute atomic E-state index is 12.6. The Hall–Kier alpha value is -1.09. The zero-order valence-corrected chi connectivity index (χ0v) is 8.17. The number of aliphatic hydroxyl groups excluding tert-OH is 1. The van der Waals surface area contributed by atoms with E-state index in [4.69, 9.17) is 9.84 Å². The number of hydrogen-bond acceptors (Lipinski definition) is 2. The van der Waals surface area contributed by atoms with Crippen molar-refractivity contribution in [2.45, 2.75) is 20.5 Å². The standard InChI is InChI=1S/C8H9FO2.C2H6/c1-11-8-3-6(5-10)2-7(9)4-8;1-2/h2-4,10H,5H2,1H3;1-2H3. The van der Waals surface area contributed by atoms with Crippen molar-refractivity contribution in [3.05, 3.63) is 29.6 Å². The Kier molecular flexibility index (Phi) is 5.89. The van der Waals surface area contributed by atoms with E-state index in [9.17, 15) is 4.39 Å². The van der Waals surface area contributed by atoms with Gasteiger partial charge in [0.05, 0.1) is 13.7 Å². The predicted octanol–water partition coefficient (Wildman–Crippen LogP) is 2.35. The summed E-state index contributed by atoms with van der Waals surface area (Å²) >= 11 is 0. The van der Waals surface area contributed by atoms with Gasteiger partial charge in [0.25, 0.3) is 0 Å². The summed E-state index contributed by atoms with van der Waals surface area (Å²) in [7, 11) is 1.45. The van der Waals surface area contributed by atoms with Crippen molar-refractivity contribution in [2.75, 3.05) is 7.11 Å². The van der Waals surface area contributed by atoms with Gasteiger partial charge in [-0.05, 0) is 17.7 Å². The molecule has 2 nitrogen and oxygen atoms in total. The highest BCUT2D eigenvalue weighted by molar-refractivity contribution is 5.28. The van der Waals surface area contributed by atoms with Gasteiger partial charge in [0.1, 0.15) is 11.6 Å². The molecule has 0 amide bonds. The Morgan fingerprint density at radius 3 is 2.38 bits per heavy atom. The first kappa shape index (κ1) is 11.9. The van der Waals surface area contributed by atoms with Crippen molar-refractivity contribution in [1.82, 2.24) is 0 Å². The second kappa shape index (κ2) is 6.43. The Morgan fingerprint density at radius 2 is 1.92 bits per heavy atom. The van der Waals surface area contributed by atoms with Gasteiger partial charge in [-0.3, -0.25) is 0 Å². The lowest BCUT2D eigenvalue weighted by molar-refractivity contribution is 0.280. The molecule has 0 aliphatic carbocycles. The Bertz CT molecular complexity index is 226. The zero-order chi connectivity index (χ0) is 10.3. The van der Waals surface area contributed by atoms with E-state index < -0.39 is 5.82 Å². The molecule has 1 aromatic carbocycles. The van der Waals surface area contributed by atoms with Gasteiger partial charge in [0.15, 0.2) is 0 Å². The van der Waals surface area contributed by atoms with Crippen LogP contribution in [0.5, 0.6) is 5.75 Å². The molecule has 74 valence electrons. The highest BCUT2D eigenvalue weighted by atomic mass is 19.1. The molecule has 1 aromatic rings. The van der Waals surface area contributed by atoms with Crippen LogP contribution in [0.4, 0.5) is 4.39 Å². The van der Waals surface area contributed by atoms with Crippen molar-refractivity contribution in [1.29, 1.82) is 0 Å². The normalized spacial score (nSPS) is 8.69.